The number of nitro benzene ring substituents is 2. The van der Waals surface area contributed by atoms with Gasteiger partial charge in [0.05, 0.1) is 14.7 Å². The largest absolute Gasteiger partial charge is 0.457 e. The quantitative estimate of drug-likeness (QED) is 0.202. The molecule has 164 valence electrons. The van der Waals surface area contributed by atoms with Gasteiger partial charge in [0.15, 0.2) is 0 Å². The van der Waals surface area contributed by atoms with Crippen molar-refractivity contribution in [3.63, 3.8) is 0 Å². The summed E-state index contributed by atoms with van der Waals surface area (Å²) in [5, 5.41) is 21.8. The summed E-state index contributed by atoms with van der Waals surface area (Å²) in [5.74, 6) is 1.84. The van der Waals surface area contributed by atoms with Gasteiger partial charge < -0.3 is 9.47 Å². The van der Waals surface area contributed by atoms with Gasteiger partial charge in [0.2, 0.25) is 0 Å². The van der Waals surface area contributed by atoms with Gasteiger partial charge in [-0.2, -0.15) is 0 Å². The summed E-state index contributed by atoms with van der Waals surface area (Å²) in [6, 6.07) is 26.6. The van der Waals surface area contributed by atoms with Crippen molar-refractivity contribution in [2.24, 2.45) is 0 Å². The number of rotatable bonds is 8. The molecule has 4 rings (SSSR count). The number of non-ortho nitro benzene ring substituents is 2. The molecule has 0 heterocycles. The minimum absolute atomic E-state index is 0.0286. The Morgan fingerprint density at radius 1 is 0.606 bits per heavy atom. The lowest BCUT2D eigenvalue weighted by Gasteiger charge is -2.13. The van der Waals surface area contributed by atoms with Crippen LogP contribution in [-0.4, -0.2) is 9.85 Å². The van der Waals surface area contributed by atoms with E-state index in [0.717, 1.165) is 9.79 Å². The number of hydrogen-bond acceptors (Lipinski definition) is 7. The van der Waals surface area contributed by atoms with Gasteiger partial charge in [0.25, 0.3) is 11.4 Å². The maximum atomic E-state index is 10.9. The first kappa shape index (κ1) is 21.8. The Hall–Kier alpha value is -4.37. The molecule has 4 aromatic carbocycles. The van der Waals surface area contributed by atoms with Crippen LogP contribution < -0.4 is 9.47 Å². The second-order valence-electron chi connectivity index (χ2n) is 6.73. The van der Waals surface area contributed by atoms with Gasteiger partial charge in [-0.05, 0) is 48.5 Å². The lowest BCUT2D eigenvalue weighted by Crippen LogP contribution is -1.92. The van der Waals surface area contributed by atoms with Crippen molar-refractivity contribution in [1.29, 1.82) is 0 Å². The number of nitro groups is 2. The zero-order valence-electron chi connectivity index (χ0n) is 17.0. The van der Waals surface area contributed by atoms with Crippen LogP contribution in [0.1, 0.15) is 0 Å². The molecule has 8 nitrogen and oxygen atoms in total. The highest BCUT2D eigenvalue weighted by molar-refractivity contribution is 7.99. The topological polar surface area (TPSA) is 105 Å². The zero-order valence-corrected chi connectivity index (χ0v) is 17.8. The molecule has 0 unspecified atom stereocenters. The van der Waals surface area contributed by atoms with Crippen molar-refractivity contribution in [2.75, 3.05) is 0 Å². The highest BCUT2D eigenvalue weighted by atomic mass is 32.2. The van der Waals surface area contributed by atoms with E-state index in [1.807, 2.05) is 36.4 Å². The lowest BCUT2D eigenvalue weighted by molar-refractivity contribution is -0.385. The fourth-order valence-corrected chi connectivity index (χ4v) is 3.75. The summed E-state index contributed by atoms with van der Waals surface area (Å²) < 4.78 is 11.9. The third kappa shape index (κ3) is 5.66. The zero-order chi connectivity index (χ0) is 23.2. The SMILES string of the molecule is O=[N+]([O-])c1ccc(Oc2ccc(Sc3ccccc3)c(Oc3ccc([N+](=O)[O-])cc3)c2)cc1. The third-order valence-corrected chi connectivity index (χ3v) is 5.51. The van der Waals surface area contributed by atoms with Crippen LogP contribution in [0.15, 0.2) is 107 Å². The molecule has 0 N–H and O–H groups in total. The first-order valence-electron chi connectivity index (χ1n) is 9.69. The van der Waals surface area contributed by atoms with Crippen LogP contribution in [0.5, 0.6) is 23.0 Å². The molecule has 0 aliphatic rings. The predicted molar refractivity (Wildman–Crippen MR) is 123 cm³/mol. The average molecular weight is 460 g/mol. The highest BCUT2D eigenvalue weighted by Gasteiger charge is 2.12. The first-order chi connectivity index (χ1) is 16.0. The fourth-order valence-electron chi connectivity index (χ4n) is 2.87. The van der Waals surface area contributed by atoms with Crippen LogP contribution in [0.4, 0.5) is 11.4 Å². The van der Waals surface area contributed by atoms with Crippen LogP contribution in [0.25, 0.3) is 0 Å². The summed E-state index contributed by atoms with van der Waals surface area (Å²) >= 11 is 1.50. The molecule has 0 saturated carbocycles. The van der Waals surface area contributed by atoms with E-state index in [2.05, 4.69) is 0 Å². The van der Waals surface area contributed by atoms with Crippen molar-refractivity contribution >= 4 is 23.1 Å². The van der Waals surface area contributed by atoms with Crippen molar-refractivity contribution in [2.45, 2.75) is 9.79 Å². The highest BCUT2D eigenvalue weighted by Crippen LogP contribution is 2.40. The molecule has 0 aliphatic carbocycles. The maximum Gasteiger partial charge on any atom is 0.269 e. The normalized spacial score (nSPS) is 10.4. The lowest BCUT2D eigenvalue weighted by atomic mass is 10.3. The molecule has 0 fully saturated rings. The summed E-state index contributed by atoms with van der Waals surface area (Å²) in [4.78, 5) is 22.6. The molecule has 33 heavy (non-hydrogen) atoms. The minimum Gasteiger partial charge on any atom is -0.457 e. The second-order valence-corrected chi connectivity index (χ2v) is 7.85. The van der Waals surface area contributed by atoms with Gasteiger partial charge in [-0.3, -0.25) is 20.2 Å². The molecule has 0 radical (unpaired) electrons. The van der Waals surface area contributed by atoms with Crippen molar-refractivity contribution in [1.82, 2.24) is 0 Å². The molecule has 0 aliphatic heterocycles. The van der Waals surface area contributed by atoms with E-state index in [4.69, 9.17) is 9.47 Å². The van der Waals surface area contributed by atoms with Crippen LogP contribution in [0.3, 0.4) is 0 Å². The van der Waals surface area contributed by atoms with Crippen molar-refractivity contribution in [3.8, 4) is 23.0 Å². The second kappa shape index (κ2) is 9.84. The molecule has 0 atom stereocenters. The van der Waals surface area contributed by atoms with E-state index in [9.17, 15) is 20.2 Å². The van der Waals surface area contributed by atoms with Crippen molar-refractivity contribution in [3.05, 3.63) is 117 Å². The smallest absolute Gasteiger partial charge is 0.269 e. The minimum atomic E-state index is -0.477. The summed E-state index contributed by atoms with van der Waals surface area (Å²) in [6.45, 7) is 0. The maximum absolute atomic E-state index is 10.9. The van der Waals surface area contributed by atoms with Crippen LogP contribution in [-0.2, 0) is 0 Å². The van der Waals surface area contributed by atoms with Gasteiger partial charge in [-0.15, -0.1) is 0 Å². The Morgan fingerprint density at radius 2 is 1.12 bits per heavy atom. The number of hydrogen-bond donors (Lipinski definition) is 0. The number of benzene rings is 4. The van der Waals surface area contributed by atoms with Gasteiger partial charge in [-0.25, -0.2) is 0 Å². The summed E-state index contributed by atoms with van der Waals surface area (Å²) in [7, 11) is 0. The Labute approximate surface area is 192 Å². The van der Waals surface area contributed by atoms with E-state index in [1.165, 1.54) is 60.3 Å². The molecule has 4 aromatic rings. The molecule has 0 spiro atoms. The van der Waals surface area contributed by atoms with Gasteiger partial charge in [0, 0.05) is 35.2 Å². The molecule has 0 bridgehead atoms. The number of ether oxygens (including phenoxy) is 2. The molecule has 0 aromatic heterocycles. The predicted octanol–water partition coefficient (Wildman–Crippen LogP) is 7.24. The standard InChI is InChI=1S/C24H16N2O6S/c27-25(28)17-6-10-19(11-7-17)31-21-14-15-24(33-22-4-2-1-3-5-22)23(16-21)32-20-12-8-18(9-13-20)26(29)30/h1-16H. The first-order valence-corrected chi connectivity index (χ1v) is 10.5. The Kier molecular flexibility index (Phi) is 6.51. The van der Waals surface area contributed by atoms with Crippen LogP contribution >= 0.6 is 11.8 Å². The van der Waals surface area contributed by atoms with Gasteiger partial charge in [0.1, 0.15) is 23.0 Å². The Balaban J connectivity index is 1.62. The molecular weight excluding hydrogens is 444 g/mol. The van der Waals surface area contributed by atoms with Gasteiger partial charge >= 0.3 is 0 Å². The van der Waals surface area contributed by atoms with E-state index < -0.39 is 9.85 Å². The van der Waals surface area contributed by atoms with E-state index in [0.29, 0.717) is 23.0 Å². The monoisotopic (exact) mass is 460 g/mol. The number of nitrogens with zero attached hydrogens (tertiary/aromatic N) is 2. The fraction of sp³-hybridized carbons (Fsp3) is 0. The van der Waals surface area contributed by atoms with Crippen LogP contribution in [0.2, 0.25) is 0 Å². The van der Waals surface area contributed by atoms with E-state index >= 15 is 0 Å². The molecule has 0 amide bonds. The average Bonchev–Trinajstić information content (AvgIpc) is 2.82. The van der Waals surface area contributed by atoms with E-state index in [-0.39, 0.29) is 11.4 Å². The Morgan fingerprint density at radius 3 is 1.67 bits per heavy atom. The molecular formula is C24H16N2O6S. The summed E-state index contributed by atoms with van der Waals surface area (Å²) in [5.41, 5.74) is -0.0596. The van der Waals surface area contributed by atoms with Crippen molar-refractivity contribution < 1.29 is 19.3 Å². The molecule has 0 saturated heterocycles. The third-order valence-electron chi connectivity index (χ3n) is 4.44. The van der Waals surface area contributed by atoms with Crippen LogP contribution in [0, 0.1) is 20.2 Å². The van der Waals surface area contributed by atoms with E-state index in [1.54, 1.807) is 12.1 Å². The summed E-state index contributed by atoms with van der Waals surface area (Å²) in [6.07, 6.45) is 0. The Bertz CT molecular complexity index is 1280. The van der Waals surface area contributed by atoms with Gasteiger partial charge in [-0.1, -0.05) is 30.0 Å². The molecule has 9 heteroatoms.